The molecule has 3 rings (SSSR count). The van der Waals surface area contributed by atoms with E-state index in [1.165, 1.54) is 6.07 Å². The van der Waals surface area contributed by atoms with Crippen molar-refractivity contribution in [3.63, 3.8) is 0 Å². The topological polar surface area (TPSA) is 29.3 Å². The number of benzene rings is 1. The van der Waals surface area contributed by atoms with Crippen LogP contribution in [0.3, 0.4) is 0 Å². The minimum Gasteiger partial charge on any atom is -0.367 e. The highest BCUT2D eigenvalue weighted by atomic mass is 35.5. The van der Waals surface area contributed by atoms with Crippen molar-refractivity contribution in [1.29, 1.82) is 0 Å². The molecular formula is C14H11ClFN3. The maximum absolute atomic E-state index is 13.1. The Bertz CT molecular complexity index is 724. The second-order valence-electron chi connectivity index (χ2n) is 4.17. The van der Waals surface area contributed by atoms with Gasteiger partial charge in [0.05, 0.1) is 5.02 Å². The summed E-state index contributed by atoms with van der Waals surface area (Å²) in [4.78, 5) is 4.21. The lowest BCUT2D eigenvalue weighted by Gasteiger charge is -2.09. The molecular weight excluding hydrogens is 265 g/mol. The average molecular weight is 276 g/mol. The Morgan fingerprint density at radius 3 is 3.00 bits per heavy atom. The number of halogens is 2. The van der Waals surface area contributed by atoms with Crippen molar-refractivity contribution in [2.45, 2.75) is 6.54 Å². The van der Waals surface area contributed by atoms with Gasteiger partial charge in [0, 0.05) is 18.9 Å². The van der Waals surface area contributed by atoms with Crippen molar-refractivity contribution in [3.05, 3.63) is 65.2 Å². The predicted octanol–water partition coefficient (Wildman–Crippen LogP) is 3.74. The Labute approximate surface area is 114 Å². The van der Waals surface area contributed by atoms with Crippen molar-refractivity contribution in [1.82, 2.24) is 9.38 Å². The van der Waals surface area contributed by atoms with Gasteiger partial charge in [-0.2, -0.15) is 0 Å². The molecule has 2 aromatic heterocycles. The molecule has 1 aromatic carbocycles. The minimum absolute atomic E-state index is 0.139. The van der Waals surface area contributed by atoms with Crippen LogP contribution in [-0.2, 0) is 6.54 Å². The van der Waals surface area contributed by atoms with E-state index in [4.69, 9.17) is 11.6 Å². The number of aromatic nitrogens is 2. The van der Waals surface area contributed by atoms with E-state index >= 15 is 0 Å². The number of fused-ring (bicyclic) bond motifs is 1. The fraction of sp³-hybridized carbons (Fsp3) is 0.0714. The van der Waals surface area contributed by atoms with Gasteiger partial charge in [-0.05, 0) is 29.8 Å². The number of hydrogen-bond acceptors (Lipinski definition) is 2. The summed E-state index contributed by atoms with van der Waals surface area (Å²) in [6.45, 7) is 0.567. The van der Waals surface area contributed by atoms with Crippen LogP contribution in [0.4, 0.5) is 10.2 Å². The van der Waals surface area contributed by atoms with E-state index in [0.717, 1.165) is 17.0 Å². The van der Waals surface area contributed by atoms with E-state index in [1.54, 1.807) is 18.3 Å². The van der Waals surface area contributed by atoms with Crippen molar-refractivity contribution in [2.24, 2.45) is 0 Å². The molecule has 0 fully saturated rings. The first-order chi connectivity index (χ1) is 9.24. The van der Waals surface area contributed by atoms with Crippen LogP contribution in [0.5, 0.6) is 0 Å². The lowest BCUT2D eigenvalue weighted by Crippen LogP contribution is -2.03. The SMILES string of the molecule is Fc1ccc(CNc2cccc3nccn23)cc1Cl. The molecule has 19 heavy (non-hydrogen) atoms. The fourth-order valence-electron chi connectivity index (χ4n) is 1.93. The van der Waals surface area contributed by atoms with Crippen LogP contribution >= 0.6 is 11.6 Å². The summed E-state index contributed by atoms with van der Waals surface area (Å²) in [7, 11) is 0. The summed E-state index contributed by atoms with van der Waals surface area (Å²) in [5, 5.41) is 3.42. The highest BCUT2D eigenvalue weighted by molar-refractivity contribution is 6.30. The van der Waals surface area contributed by atoms with E-state index in [-0.39, 0.29) is 5.02 Å². The highest BCUT2D eigenvalue weighted by Crippen LogP contribution is 2.17. The minimum atomic E-state index is -0.401. The first-order valence-electron chi connectivity index (χ1n) is 5.84. The lowest BCUT2D eigenvalue weighted by molar-refractivity contribution is 0.627. The molecule has 0 unspecified atom stereocenters. The smallest absolute Gasteiger partial charge is 0.141 e. The Hall–Kier alpha value is -2.07. The molecule has 0 aliphatic heterocycles. The van der Waals surface area contributed by atoms with Crippen LogP contribution in [-0.4, -0.2) is 9.38 Å². The van der Waals surface area contributed by atoms with Crippen molar-refractivity contribution >= 4 is 23.1 Å². The number of nitrogens with zero attached hydrogens (tertiary/aromatic N) is 2. The average Bonchev–Trinajstić information content (AvgIpc) is 2.89. The monoisotopic (exact) mass is 275 g/mol. The number of pyridine rings is 1. The van der Waals surface area contributed by atoms with Crippen molar-refractivity contribution < 1.29 is 4.39 Å². The van der Waals surface area contributed by atoms with Gasteiger partial charge < -0.3 is 5.32 Å². The zero-order valence-electron chi connectivity index (χ0n) is 9.98. The van der Waals surface area contributed by atoms with Gasteiger partial charge in [-0.3, -0.25) is 4.40 Å². The first kappa shape index (κ1) is 12.0. The normalized spacial score (nSPS) is 10.8. The predicted molar refractivity (Wildman–Crippen MR) is 73.9 cm³/mol. The molecule has 0 bridgehead atoms. The number of anilines is 1. The maximum atomic E-state index is 13.1. The Morgan fingerprint density at radius 2 is 2.16 bits per heavy atom. The van der Waals surface area contributed by atoms with Crippen LogP contribution in [0.25, 0.3) is 5.65 Å². The zero-order chi connectivity index (χ0) is 13.2. The van der Waals surface area contributed by atoms with Gasteiger partial charge >= 0.3 is 0 Å². The zero-order valence-corrected chi connectivity index (χ0v) is 10.7. The molecule has 0 amide bonds. The second-order valence-corrected chi connectivity index (χ2v) is 4.58. The molecule has 0 aliphatic carbocycles. The van der Waals surface area contributed by atoms with Crippen LogP contribution in [0.1, 0.15) is 5.56 Å². The lowest BCUT2D eigenvalue weighted by atomic mass is 10.2. The van der Waals surface area contributed by atoms with Crippen LogP contribution in [0.15, 0.2) is 48.8 Å². The Morgan fingerprint density at radius 1 is 1.26 bits per heavy atom. The quantitative estimate of drug-likeness (QED) is 0.789. The van der Waals surface area contributed by atoms with Crippen molar-refractivity contribution in [3.8, 4) is 0 Å². The van der Waals surface area contributed by atoms with E-state index in [0.29, 0.717) is 6.54 Å². The highest BCUT2D eigenvalue weighted by Gasteiger charge is 2.03. The van der Waals surface area contributed by atoms with E-state index in [9.17, 15) is 4.39 Å². The fourth-order valence-corrected chi connectivity index (χ4v) is 2.14. The van der Waals surface area contributed by atoms with Crippen molar-refractivity contribution in [2.75, 3.05) is 5.32 Å². The summed E-state index contributed by atoms with van der Waals surface area (Å²) in [5.41, 5.74) is 1.80. The summed E-state index contributed by atoms with van der Waals surface area (Å²) in [5.74, 6) is 0.526. The first-order valence-corrected chi connectivity index (χ1v) is 6.22. The summed E-state index contributed by atoms with van der Waals surface area (Å²) in [6.07, 6.45) is 3.63. The second kappa shape index (κ2) is 4.90. The third-order valence-corrected chi connectivity index (χ3v) is 3.18. The third-order valence-electron chi connectivity index (χ3n) is 2.89. The molecule has 1 N–H and O–H groups in total. The number of nitrogens with one attached hydrogen (secondary N) is 1. The van der Waals surface area contributed by atoms with Crippen LogP contribution in [0.2, 0.25) is 5.02 Å². The molecule has 0 saturated heterocycles. The molecule has 5 heteroatoms. The van der Waals surface area contributed by atoms with Gasteiger partial charge in [0.1, 0.15) is 17.3 Å². The Balaban J connectivity index is 1.82. The molecule has 0 atom stereocenters. The molecule has 0 radical (unpaired) electrons. The van der Waals surface area contributed by atoms with E-state index in [1.807, 2.05) is 28.8 Å². The molecule has 0 saturated carbocycles. The van der Waals surface area contributed by atoms with Gasteiger partial charge in [-0.25, -0.2) is 9.37 Å². The number of hydrogen-bond donors (Lipinski definition) is 1. The van der Waals surface area contributed by atoms with Gasteiger partial charge in [-0.15, -0.1) is 0 Å². The van der Waals surface area contributed by atoms with Gasteiger partial charge in [-0.1, -0.05) is 23.7 Å². The third kappa shape index (κ3) is 2.39. The summed E-state index contributed by atoms with van der Waals surface area (Å²) in [6, 6.07) is 10.5. The van der Waals surface area contributed by atoms with Crippen LogP contribution < -0.4 is 5.32 Å². The molecule has 3 aromatic rings. The molecule has 3 nitrogen and oxygen atoms in total. The van der Waals surface area contributed by atoms with Gasteiger partial charge in [0.25, 0.3) is 0 Å². The molecule has 96 valence electrons. The summed E-state index contributed by atoms with van der Waals surface area (Å²) < 4.78 is 15.0. The Kier molecular flexibility index (Phi) is 3.09. The number of imidazole rings is 1. The maximum Gasteiger partial charge on any atom is 0.141 e. The summed E-state index contributed by atoms with van der Waals surface area (Å²) >= 11 is 5.76. The largest absolute Gasteiger partial charge is 0.367 e. The molecule has 0 spiro atoms. The molecule has 0 aliphatic rings. The number of rotatable bonds is 3. The van der Waals surface area contributed by atoms with Gasteiger partial charge in [0.15, 0.2) is 0 Å². The van der Waals surface area contributed by atoms with Crippen LogP contribution in [0, 0.1) is 5.82 Å². The van der Waals surface area contributed by atoms with E-state index in [2.05, 4.69) is 10.3 Å². The molecule has 2 heterocycles. The van der Waals surface area contributed by atoms with E-state index < -0.39 is 5.82 Å². The standard InChI is InChI=1S/C14H11ClFN3/c15-11-8-10(4-5-12(11)16)9-18-14-3-1-2-13-17-6-7-19(13)14/h1-8,18H,9H2. The van der Waals surface area contributed by atoms with Gasteiger partial charge in [0.2, 0.25) is 0 Å².